The number of nitrogens with zero attached hydrogens (tertiary/aromatic N) is 1. The maximum absolute atomic E-state index is 12.6. The summed E-state index contributed by atoms with van der Waals surface area (Å²) in [6.45, 7) is 4.34. The molecule has 0 radical (unpaired) electrons. The average molecular weight is 387 g/mol. The van der Waals surface area contributed by atoms with Crippen LogP contribution >= 0.6 is 0 Å². The minimum absolute atomic E-state index is 0.0331. The molecule has 0 aliphatic rings. The highest BCUT2D eigenvalue weighted by Gasteiger charge is 2.19. The smallest absolute Gasteiger partial charge is 0.220 e. The zero-order valence-corrected chi connectivity index (χ0v) is 16.7. The third-order valence-corrected chi connectivity index (χ3v) is 5.49. The number of hydrogen-bond acceptors (Lipinski definition) is 3. The predicted molar refractivity (Wildman–Crippen MR) is 114 cm³/mol. The number of aromatic nitrogens is 2. The van der Waals surface area contributed by atoms with Gasteiger partial charge in [-0.15, -0.1) is 0 Å². The second-order valence-corrected chi connectivity index (χ2v) is 7.36. The van der Waals surface area contributed by atoms with Crippen molar-refractivity contribution in [1.29, 1.82) is 0 Å². The molecule has 0 aliphatic heterocycles. The van der Waals surface area contributed by atoms with E-state index in [1.54, 1.807) is 0 Å². The molecule has 0 saturated carbocycles. The Hall–Kier alpha value is -3.34. The fourth-order valence-corrected chi connectivity index (χ4v) is 3.88. The van der Waals surface area contributed by atoms with Gasteiger partial charge in [0, 0.05) is 41.5 Å². The Labute approximate surface area is 170 Å². The van der Waals surface area contributed by atoms with Crippen LogP contribution in [0.3, 0.4) is 0 Å². The third-order valence-electron chi connectivity index (χ3n) is 5.49. The van der Waals surface area contributed by atoms with E-state index >= 15 is 0 Å². The largest absolute Gasteiger partial charge is 0.361 e. The van der Waals surface area contributed by atoms with Crippen molar-refractivity contribution in [3.8, 4) is 0 Å². The summed E-state index contributed by atoms with van der Waals surface area (Å²) in [4.78, 5) is 15.9. The molecule has 1 atom stereocenters. The van der Waals surface area contributed by atoms with Crippen LogP contribution in [0.5, 0.6) is 0 Å². The number of amides is 1. The summed E-state index contributed by atoms with van der Waals surface area (Å²) in [5.41, 5.74) is 5.36. The van der Waals surface area contributed by atoms with Crippen LogP contribution in [0.25, 0.3) is 10.9 Å². The van der Waals surface area contributed by atoms with Gasteiger partial charge in [0.15, 0.2) is 0 Å². The van der Waals surface area contributed by atoms with Gasteiger partial charge in [0.2, 0.25) is 5.91 Å². The Balaban J connectivity index is 1.50. The zero-order chi connectivity index (χ0) is 20.2. The monoisotopic (exact) mass is 387 g/mol. The molecule has 2 heterocycles. The SMILES string of the molecule is Cc1noc(C)c1CCC(=O)NCC(c1ccccc1)c1c[nH]c2ccccc12. The molecule has 148 valence electrons. The molecule has 0 fully saturated rings. The number of carbonyl (C=O) groups excluding carboxylic acids is 1. The third kappa shape index (κ3) is 4.09. The highest BCUT2D eigenvalue weighted by atomic mass is 16.5. The van der Waals surface area contributed by atoms with Gasteiger partial charge in [0.1, 0.15) is 5.76 Å². The van der Waals surface area contributed by atoms with Gasteiger partial charge in [-0.05, 0) is 37.5 Å². The molecule has 4 rings (SSSR count). The lowest BCUT2D eigenvalue weighted by Gasteiger charge is -2.18. The maximum atomic E-state index is 12.6. The van der Waals surface area contributed by atoms with Crippen molar-refractivity contribution >= 4 is 16.8 Å². The number of carbonyl (C=O) groups is 1. The Morgan fingerprint density at radius 1 is 1.10 bits per heavy atom. The van der Waals surface area contributed by atoms with Gasteiger partial charge >= 0.3 is 0 Å². The summed E-state index contributed by atoms with van der Waals surface area (Å²) in [6, 6.07) is 18.6. The molecular formula is C24H25N3O2. The summed E-state index contributed by atoms with van der Waals surface area (Å²) in [7, 11) is 0. The van der Waals surface area contributed by atoms with E-state index in [0.717, 1.165) is 22.5 Å². The first-order valence-electron chi connectivity index (χ1n) is 9.93. The van der Waals surface area contributed by atoms with Crippen molar-refractivity contribution in [2.45, 2.75) is 32.6 Å². The molecule has 0 spiro atoms. The van der Waals surface area contributed by atoms with Crippen molar-refractivity contribution in [3.05, 3.63) is 88.9 Å². The molecule has 2 N–H and O–H groups in total. The van der Waals surface area contributed by atoms with E-state index in [9.17, 15) is 4.79 Å². The van der Waals surface area contributed by atoms with E-state index < -0.39 is 0 Å². The summed E-state index contributed by atoms with van der Waals surface area (Å²) in [6.07, 6.45) is 3.10. The average Bonchev–Trinajstić information content (AvgIpc) is 3.31. The number of benzene rings is 2. The van der Waals surface area contributed by atoms with Gasteiger partial charge in [0.05, 0.1) is 5.69 Å². The summed E-state index contributed by atoms with van der Waals surface area (Å²) < 4.78 is 5.19. The zero-order valence-electron chi connectivity index (χ0n) is 16.7. The lowest BCUT2D eigenvalue weighted by molar-refractivity contribution is -0.121. The quantitative estimate of drug-likeness (QED) is 0.485. The van der Waals surface area contributed by atoms with Crippen LogP contribution in [-0.2, 0) is 11.2 Å². The van der Waals surface area contributed by atoms with Crippen LogP contribution in [0.2, 0.25) is 0 Å². The van der Waals surface area contributed by atoms with Gasteiger partial charge in [-0.1, -0.05) is 53.7 Å². The predicted octanol–water partition coefficient (Wildman–Crippen LogP) is 4.65. The van der Waals surface area contributed by atoms with E-state index in [0.29, 0.717) is 19.4 Å². The summed E-state index contributed by atoms with van der Waals surface area (Å²) in [5.74, 6) is 0.900. The molecule has 4 aromatic rings. The van der Waals surface area contributed by atoms with Crippen molar-refractivity contribution < 1.29 is 9.32 Å². The van der Waals surface area contributed by atoms with E-state index in [1.165, 1.54) is 16.5 Å². The molecular weight excluding hydrogens is 362 g/mol. The number of fused-ring (bicyclic) bond motifs is 1. The van der Waals surface area contributed by atoms with Crippen LogP contribution in [0.4, 0.5) is 0 Å². The number of aryl methyl sites for hydroxylation is 2. The summed E-state index contributed by atoms with van der Waals surface area (Å²) in [5, 5.41) is 8.28. The molecule has 1 unspecified atom stereocenters. The molecule has 0 aliphatic carbocycles. The Morgan fingerprint density at radius 3 is 2.62 bits per heavy atom. The fraction of sp³-hybridized carbons (Fsp3) is 0.250. The van der Waals surface area contributed by atoms with E-state index in [-0.39, 0.29) is 11.8 Å². The highest BCUT2D eigenvalue weighted by Crippen LogP contribution is 2.30. The highest BCUT2D eigenvalue weighted by molar-refractivity contribution is 5.84. The number of hydrogen-bond donors (Lipinski definition) is 2. The molecule has 5 nitrogen and oxygen atoms in total. The van der Waals surface area contributed by atoms with Gasteiger partial charge in [-0.3, -0.25) is 4.79 Å². The second-order valence-electron chi connectivity index (χ2n) is 7.36. The minimum atomic E-state index is 0.0331. The Bertz CT molecular complexity index is 1090. The first-order chi connectivity index (χ1) is 14.1. The van der Waals surface area contributed by atoms with Gasteiger partial charge in [-0.2, -0.15) is 0 Å². The lowest BCUT2D eigenvalue weighted by atomic mass is 9.91. The molecule has 2 aromatic carbocycles. The minimum Gasteiger partial charge on any atom is -0.361 e. The lowest BCUT2D eigenvalue weighted by Crippen LogP contribution is -2.29. The number of H-pyrrole nitrogens is 1. The van der Waals surface area contributed by atoms with Crippen molar-refractivity contribution in [2.75, 3.05) is 6.54 Å². The molecule has 2 aromatic heterocycles. The number of rotatable bonds is 7. The normalized spacial score (nSPS) is 12.2. The van der Waals surface area contributed by atoms with Gasteiger partial charge < -0.3 is 14.8 Å². The fourth-order valence-electron chi connectivity index (χ4n) is 3.88. The van der Waals surface area contributed by atoms with E-state index in [4.69, 9.17) is 4.52 Å². The van der Waals surface area contributed by atoms with E-state index in [1.807, 2.05) is 44.2 Å². The molecule has 0 bridgehead atoms. The van der Waals surface area contributed by atoms with Crippen molar-refractivity contribution in [2.24, 2.45) is 0 Å². The standard InChI is InChI=1S/C24H25N3O2/c1-16-19(17(2)29-27-16)12-13-24(28)26-14-21(18-8-4-3-5-9-18)22-15-25-23-11-7-6-10-20(22)23/h3-11,15,21,25H,12-14H2,1-2H3,(H,26,28). The number of para-hydroxylation sites is 1. The first kappa shape index (κ1) is 19.0. The van der Waals surface area contributed by atoms with Crippen LogP contribution in [0.1, 0.15) is 40.5 Å². The molecule has 1 amide bonds. The van der Waals surface area contributed by atoms with Crippen LogP contribution in [0.15, 0.2) is 65.3 Å². The number of nitrogens with one attached hydrogen (secondary N) is 2. The van der Waals surface area contributed by atoms with Crippen molar-refractivity contribution in [3.63, 3.8) is 0 Å². The molecule has 0 saturated heterocycles. The molecule has 29 heavy (non-hydrogen) atoms. The van der Waals surface area contributed by atoms with Crippen molar-refractivity contribution in [1.82, 2.24) is 15.5 Å². The van der Waals surface area contributed by atoms with Gasteiger partial charge in [-0.25, -0.2) is 0 Å². The Morgan fingerprint density at radius 2 is 1.86 bits per heavy atom. The second kappa shape index (κ2) is 8.35. The van der Waals surface area contributed by atoms with E-state index in [2.05, 4.69) is 45.9 Å². The van der Waals surface area contributed by atoms with Gasteiger partial charge in [0.25, 0.3) is 0 Å². The maximum Gasteiger partial charge on any atom is 0.220 e. The summed E-state index contributed by atoms with van der Waals surface area (Å²) >= 11 is 0. The van der Waals surface area contributed by atoms with Crippen LogP contribution < -0.4 is 5.32 Å². The topological polar surface area (TPSA) is 70.9 Å². The van der Waals surface area contributed by atoms with Crippen LogP contribution in [0, 0.1) is 13.8 Å². The van der Waals surface area contributed by atoms with Crippen LogP contribution in [-0.4, -0.2) is 22.6 Å². The first-order valence-corrected chi connectivity index (χ1v) is 9.93. The molecule has 5 heteroatoms. The number of aromatic amines is 1. The Kier molecular flexibility index (Phi) is 5.47.